The molecule has 152 valence electrons. The summed E-state index contributed by atoms with van der Waals surface area (Å²) >= 11 is 0. The molecule has 2 aliphatic heterocycles. The van der Waals surface area contributed by atoms with Crippen molar-refractivity contribution in [3.63, 3.8) is 0 Å². The summed E-state index contributed by atoms with van der Waals surface area (Å²) in [5.41, 5.74) is 2.29. The maximum Gasteiger partial charge on any atom is 0.309 e. The Hall–Kier alpha value is -2.28. The molecule has 0 aromatic carbocycles. The van der Waals surface area contributed by atoms with Crippen LogP contribution < -0.4 is 0 Å². The summed E-state index contributed by atoms with van der Waals surface area (Å²) in [7, 11) is 0. The molecule has 28 heavy (non-hydrogen) atoms. The van der Waals surface area contributed by atoms with Crippen molar-refractivity contribution in [1.82, 2.24) is 9.47 Å². The Labute approximate surface area is 164 Å². The zero-order chi connectivity index (χ0) is 19.5. The molecule has 0 spiro atoms. The molecule has 0 N–H and O–H groups in total. The summed E-state index contributed by atoms with van der Waals surface area (Å²) < 4.78 is 18.6. The number of ether oxygens (including phenoxy) is 2. The van der Waals surface area contributed by atoms with Gasteiger partial charge in [-0.15, -0.1) is 0 Å². The lowest BCUT2D eigenvalue weighted by atomic mass is 9.97. The van der Waals surface area contributed by atoms with E-state index in [1.54, 1.807) is 6.26 Å². The van der Waals surface area contributed by atoms with E-state index in [1.807, 2.05) is 28.5 Å². The Kier molecular flexibility index (Phi) is 5.71. The van der Waals surface area contributed by atoms with Gasteiger partial charge in [-0.1, -0.05) is 0 Å². The predicted molar refractivity (Wildman–Crippen MR) is 103 cm³/mol. The van der Waals surface area contributed by atoms with Crippen molar-refractivity contribution >= 4 is 23.0 Å². The largest absolute Gasteiger partial charge is 0.466 e. The van der Waals surface area contributed by atoms with Crippen LogP contribution in [0.5, 0.6) is 0 Å². The predicted octanol–water partition coefficient (Wildman–Crippen LogP) is 3.22. The van der Waals surface area contributed by atoms with Gasteiger partial charge in [0, 0.05) is 38.4 Å². The van der Waals surface area contributed by atoms with E-state index in [-0.39, 0.29) is 23.9 Å². The smallest absolute Gasteiger partial charge is 0.309 e. The van der Waals surface area contributed by atoms with E-state index in [2.05, 4.69) is 0 Å². The minimum atomic E-state index is -0.148. The van der Waals surface area contributed by atoms with Crippen molar-refractivity contribution < 1.29 is 23.5 Å². The summed E-state index contributed by atoms with van der Waals surface area (Å²) in [6, 6.07) is 3.74. The third kappa shape index (κ3) is 3.81. The van der Waals surface area contributed by atoms with Crippen LogP contribution in [0.15, 0.2) is 22.8 Å². The number of carbonyl (C=O) groups is 2. The van der Waals surface area contributed by atoms with E-state index < -0.39 is 0 Å². The molecule has 7 heteroatoms. The number of esters is 1. The van der Waals surface area contributed by atoms with Crippen LogP contribution in [-0.2, 0) is 20.8 Å². The number of rotatable bonds is 5. The number of hydrogen-bond acceptors (Lipinski definition) is 5. The van der Waals surface area contributed by atoms with Crippen LogP contribution in [0.3, 0.4) is 0 Å². The van der Waals surface area contributed by atoms with Gasteiger partial charge in [0.05, 0.1) is 30.4 Å². The monoisotopic (exact) mass is 388 g/mol. The van der Waals surface area contributed by atoms with Crippen molar-refractivity contribution in [3.8, 4) is 0 Å². The van der Waals surface area contributed by atoms with Crippen molar-refractivity contribution in [2.45, 2.75) is 51.7 Å². The lowest BCUT2D eigenvalue weighted by molar-refractivity contribution is -0.149. The lowest BCUT2D eigenvalue weighted by Crippen LogP contribution is -2.41. The van der Waals surface area contributed by atoms with Gasteiger partial charge in [-0.2, -0.15) is 0 Å². The van der Waals surface area contributed by atoms with Crippen LogP contribution in [-0.4, -0.2) is 53.8 Å². The van der Waals surface area contributed by atoms with Gasteiger partial charge in [0.15, 0.2) is 5.58 Å². The number of hydrogen-bond donors (Lipinski definition) is 0. The normalized spacial score (nSPS) is 21.2. The van der Waals surface area contributed by atoms with E-state index in [1.165, 1.54) is 0 Å². The number of fused-ring (bicyclic) bond motifs is 1. The van der Waals surface area contributed by atoms with Crippen LogP contribution in [0.1, 0.15) is 49.5 Å². The Morgan fingerprint density at radius 1 is 1.21 bits per heavy atom. The Morgan fingerprint density at radius 3 is 2.75 bits per heavy atom. The minimum absolute atomic E-state index is 0.00971. The molecule has 1 amide bonds. The zero-order valence-electron chi connectivity index (χ0n) is 16.4. The molecular weight excluding hydrogens is 360 g/mol. The number of amides is 1. The van der Waals surface area contributed by atoms with Gasteiger partial charge >= 0.3 is 5.97 Å². The van der Waals surface area contributed by atoms with Crippen LogP contribution in [0.25, 0.3) is 11.1 Å². The van der Waals surface area contributed by atoms with Gasteiger partial charge in [0.1, 0.15) is 5.69 Å². The molecule has 0 aliphatic carbocycles. The van der Waals surface area contributed by atoms with E-state index in [0.29, 0.717) is 44.8 Å². The van der Waals surface area contributed by atoms with Crippen LogP contribution in [0.2, 0.25) is 0 Å². The fraction of sp³-hybridized carbons (Fsp3) is 0.619. The number of likely N-dealkylation sites (tertiary alicyclic amines) is 1. The molecule has 0 radical (unpaired) electrons. The van der Waals surface area contributed by atoms with Crippen molar-refractivity contribution in [2.75, 3.05) is 26.3 Å². The first-order valence-corrected chi connectivity index (χ1v) is 10.3. The highest BCUT2D eigenvalue weighted by atomic mass is 16.5. The number of nitrogens with zero attached hydrogens (tertiary/aromatic N) is 2. The van der Waals surface area contributed by atoms with Gasteiger partial charge in [-0.25, -0.2) is 0 Å². The molecule has 4 heterocycles. The molecule has 2 saturated heterocycles. The Morgan fingerprint density at radius 2 is 2.04 bits per heavy atom. The van der Waals surface area contributed by atoms with Crippen LogP contribution >= 0.6 is 0 Å². The van der Waals surface area contributed by atoms with Gasteiger partial charge in [-0.3, -0.25) is 9.59 Å². The second kappa shape index (κ2) is 8.39. The molecule has 2 aromatic heterocycles. The molecule has 0 bridgehead atoms. The number of piperidine rings is 1. The van der Waals surface area contributed by atoms with E-state index in [9.17, 15) is 9.59 Å². The molecule has 4 rings (SSSR count). The summed E-state index contributed by atoms with van der Waals surface area (Å²) in [6.07, 6.45) is 6.34. The zero-order valence-corrected chi connectivity index (χ0v) is 16.4. The third-order valence-corrected chi connectivity index (χ3v) is 5.80. The standard InChI is InChI=1S/C21H28N2O5/c1-2-26-21(25)15-6-9-22(10-7-15)20(24)18-13-19-17(8-12-28-19)23(18)14-16-5-3-4-11-27-16/h8,12-13,15-16H,2-7,9-11,14H2,1H3. The van der Waals surface area contributed by atoms with Crippen LogP contribution in [0.4, 0.5) is 0 Å². The Balaban J connectivity index is 1.49. The number of furan rings is 1. The minimum Gasteiger partial charge on any atom is -0.466 e. The molecule has 2 aromatic rings. The average molecular weight is 388 g/mol. The fourth-order valence-electron chi connectivity index (χ4n) is 4.25. The van der Waals surface area contributed by atoms with Crippen molar-refractivity contribution in [3.05, 3.63) is 24.1 Å². The van der Waals surface area contributed by atoms with E-state index >= 15 is 0 Å². The maximum atomic E-state index is 13.2. The highest BCUT2D eigenvalue weighted by Gasteiger charge is 2.31. The second-order valence-corrected chi connectivity index (χ2v) is 7.62. The quantitative estimate of drug-likeness (QED) is 0.736. The highest BCUT2D eigenvalue weighted by molar-refractivity contribution is 5.97. The first-order chi connectivity index (χ1) is 13.7. The highest BCUT2D eigenvalue weighted by Crippen LogP contribution is 2.27. The molecule has 1 atom stereocenters. The average Bonchev–Trinajstić information content (AvgIpc) is 3.31. The lowest BCUT2D eigenvalue weighted by Gasteiger charge is -2.31. The van der Waals surface area contributed by atoms with Gasteiger partial charge < -0.3 is 23.4 Å². The van der Waals surface area contributed by atoms with E-state index in [0.717, 1.165) is 37.0 Å². The molecule has 2 fully saturated rings. The summed E-state index contributed by atoms with van der Waals surface area (Å²) in [5.74, 6) is -0.267. The maximum absolute atomic E-state index is 13.2. The first kappa shape index (κ1) is 19.1. The molecule has 2 aliphatic rings. The molecule has 0 saturated carbocycles. The SMILES string of the molecule is CCOC(=O)C1CCN(C(=O)c2cc3occc3n2CC2CCCCO2)CC1. The van der Waals surface area contributed by atoms with Gasteiger partial charge in [0.25, 0.3) is 5.91 Å². The van der Waals surface area contributed by atoms with E-state index in [4.69, 9.17) is 13.9 Å². The molecular formula is C21H28N2O5. The van der Waals surface area contributed by atoms with Gasteiger partial charge in [0.2, 0.25) is 0 Å². The topological polar surface area (TPSA) is 73.9 Å². The second-order valence-electron chi connectivity index (χ2n) is 7.62. The van der Waals surface area contributed by atoms with Crippen LogP contribution in [0, 0.1) is 5.92 Å². The third-order valence-electron chi connectivity index (χ3n) is 5.80. The summed E-state index contributed by atoms with van der Waals surface area (Å²) in [4.78, 5) is 27.0. The first-order valence-electron chi connectivity index (χ1n) is 10.3. The van der Waals surface area contributed by atoms with Crippen molar-refractivity contribution in [2.24, 2.45) is 5.92 Å². The Bertz CT molecular complexity index is 825. The van der Waals surface area contributed by atoms with Gasteiger partial charge in [-0.05, 0) is 39.0 Å². The summed E-state index contributed by atoms with van der Waals surface area (Å²) in [5, 5.41) is 0. The number of carbonyl (C=O) groups excluding carboxylic acids is 2. The molecule has 1 unspecified atom stereocenters. The fourth-order valence-corrected chi connectivity index (χ4v) is 4.25. The number of aromatic nitrogens is 1. The van der Waals surface area contributed by atoms with Crippen molar-refractivity contribution in [1.29, 1.82) is 0 Å². The summed E-state index contributed by atoms with van der Waals surface area (Å²) in [6.45, 7) is 4.78. The molecule has 7 nitrogen and oxygen atoms in total.